The minimum atomic E-state index is -0.0513. The van der Waals surface area contributed by atoms with Gasteiger partial charge >= 0.3 is 0 Å². The number of nitrogens with one attached hydrogen (secondary N) is 1. The monoisotopic (exact) mass is 410 g/mol. The normalized spacial score (nSPS) is 14.2. The molecule has 0 radical (unpaired) electrons. The standard InChI is InChI=1S/C16H16Br2N2O/c1-2-10-7-11(17)3-6-14(10)19-16(21)15-8-12(18)9-20(15)13-4-5-13/h3,6-9,13H,2,4-5H2,1H3,(H,19,21). The van der Waals surface area contributed by atoms with Crippen LogP contribution in [0.3, 0.4) is 0 Å². The van der Waals surface area contributed by atoms with Crippen LogP contribution in [0.4, 0.5) is 5.69 Å². The number of benzene rings is 1. The predicted molar refractivity (Wildman–Crippen MR) is 91.9 cm³/mol. The lowest BCUT2D eigenvalue weighted by molar-refractivity contribution is 0.101. The molecule has 1 amide bonds. The maximum Gasteiger partial charge on any atom is 0.272 e. The summed E-state index contributed by atoms with van der Waals surface area (Å²) < 4.78 is 4.05. The highest BCUT2D eigenvalue weighted by molar-refractivity contribution is 9.10. The molecule has 1 fully saturated rings. The first-order valence-electron chi connectivity index (χ1n) is 7.05. The number of carbonyl (C=O) groups excluding carboxylic acids is 1. The summed E-state index contributed by atoms with van der Waals surface area (Å²) in [5.41, 5.74) is 2.72. The number of carbonyl (C=O) groups is 1. The molecule has 1 saturated carbocycles. The number of hydrogen-bond donors (Lipinski definition) is 1. The smallest absolute Gasteiger partial charge is 0.272 e. The van der Waals surface area contributed by atoms with E-state index in [-0.39, 0.29) is 5.91 Å². The molecule has 2 aromatic rings. The highest BCUT2D eigenvalue weighted by atomic mass is 79.9. The highest BCUT2D eigenvalue weighted by Gasteiger charge is 2.27. The number of halogens is 2. The third-order valence-electron chi connectivity index (χ3n) is 3.68. The molecule has 0 bridgehead atoms. The maximum absolute atomic E-state index is 12.6. The number of aromatic nitrogens is 1. The van der Waals surface area contributed by atoms with Crippen LogP contribution in [-0.2, 0) is 6.42 Å². The van der Waals surface area contributed by atoms with E-state index in [2.05, 4.69) is 48.7 Å². The van der Waals surface area contributed by atoms with Crippen LogP contribution in [0, 0.1) is 0 Å². The van der Waals surface area contributed by atoms with Crippen LogP contribution in [0.1, 0.15) is 41.9 Å². The summed E-state index contributed by atoms with van der Waals surface area (Å²) in [7, 11) is 0. The Bertz CT molecular complexity index is 690. The van der Waals surface area contributed by atoms with Crippen molar-refractivity contribution in [3.05, 3.63) is 50.7 Å². The van der Waals surface area contributed by atoms with Crippen molar-refractivity contribution in [2.75, 3.05) is 5.32 Å². The molecular weight excluding hydrogens is 396 g/mol. The van der Waals surface area contributed by atoms with Gasteiger partial charge in [-0.3, -0.25) is 4.79 Å². The minimum Gasteiger partial charge on any atom is -0.339 e. The largest absolute Gasteiger partial charge is 0.339 e. The molecule has 5 heteroatoms. The SMILES string of the molecule is CCc1cc(Br)ccc1NC(=O)c1cc(Br)cn1C1CC1. The van der Waals surface area contributed by atoms with Gasteiger partial charge in [0.2, 0.25) is 0 Å². The molecular formula is C16H16Br2N2O. The Balaban J connectivity index is 1.87. The molecule has 0 unspecified atom stereocenters. The lowest BCUT2D eigenvalue weighted by atomic mass is 10.1. The fourth-order valence-electron chi connectivity index (χ4n) is 2.45. The van der Waals surface area contributed by atoms with Crippen LogP contribution in [0.25, 0.3) is 0 Å². The van der Waals surface area contributed by atoms with Gasteiger partial charge in [0.25, 0.3) is 5.91 Å². The van der Waals surface area contributed by atoms with Crippen molar-refractivity contribution in [1.82, 2.24) is 4.57 Å². The molecule has 1 N–H and O–H groups in total. The fraction of sp³-hybridized carbons (Fsp3) is 0.312. The predicted octanol–water partition coefficient (Wildman–Crippen LogP) is 5.16. The fourth-order valence-corrected chi connectivity index (χ4v) is 3.29. The molecule has 1 heterocycles. The topological polar surface area (TPSA) is 34.0 Å². The van der Waals surface area contributed by atoms with Gasteiger partial charge in [-0.2, -0.15) is 0 Å². The van der Waals surface area contributed by atoms with E-state index < -0.39 is 0 Å². The van der Waals surface area contributed by atoms with Crippen molar-refractivity contribution < 1.29 is 4.79 Å². The Labute approximate surface area is 141 Å². The molecule has 0 aliphatic heterocycles. The first kappa shape index (κ1) is 14.9. The van der Waals surface area contributed by atoms with Gasteiger partial charge in [0, 0.05) is 26.9 Å². The van der Waals surface area contributed by atoms with E-state index in [4.69, 9.17) is 0 Å². The van der Waals surface area contributed by atoms with Crippen molar-refractivity contribution in [3.63, 3.8) is 0 Å². The summed E-state index contributed by atoms with van der Waals surface area (Å²) in [6, 6.07) is 8.31. The summed E-state index contributed by atoms with van der Waals surface area (Å²) in [6.45, 7) is 2.08. The van der Waals surface area contributed by atoms with Gasteiger partial charge in [-0.25, -0.2) is 0 Å². The average molecular weight is 412 g/mol. The lowest BCUT2D eigenvalue weighted by Crippen LogP contribution is -2.17. The number of hydrogen-bond acceptors (Lipinski definition) is 1. The maximum atomic E-state index is 12.6. The first-order chi connectivity index (χ1) is 10.1. The molecule has 110 valence electrons. The highest BCUT2D eigenvalue weighted by Crippen LogP contribution is 2.37. The van der Waals surface area contributed by atoms with Gasteiger partial charge < -0.3 is 9.88 Å². The Morgan fingerprint density at radius 1 is 1.29 bits per heavy atom. The van der Waals surface area contributed by atoms with Crippen molar-refractivity contribution in [1.29, 1.82) is 0 Å². The minimum absolute atomic E-state index is 0.0513. The summed E-state index contributed by atoms with van der Waals surface area (Å²) >= 11 is 6.93. The number of amides is 1. The number of rotatable bonds is 4. The molecule has 21 heavy (non-hydrogen) atoms. The van der Waals surface area contributed by atoms with Crippen LogP contribution in [-0.4, -0.2) is 10.5 Å². The van der Waals surface area contributed by atoms with E-state index in [9.17, 15) is 4.79 Å². The van der Waals surface area contributed by atoms with E-state index in [0.29, 0.717) is 11.7 Å². The third kappa shape index (κ3) is 3.24. The van der Waals surface area contributed by atoms with Crippen LogP contribution in [0.5, 0.6) is 0 Å². The van der Waals surface area contributed by atoms with Gasteiger partial charge in [0.15, 0.2) is 0 Å². The Morgan fingerprint density at radius 2 is 2.05 bits per heavy atom. The van der Waals surface area contributed by atoms with E-state index in [1.165, 1.54) is 0 Å². The van der Waals surface area contributed by atoms with Crippen molar-refractivity contribution in [2.45, 2.75) is 32.2 Å². The van der Waals surface area contributed by atoms with Gasteiger partial charge in [-0.05, 0) is 65.0 Å². The molecule has 1 aromatic heterocycles. The van der Waals surface area contributed by atoms with Crippen LogP contribution in [0.15, 0.2) is 39.4 Å². The molecule has 1 aromatic carbocycles. The average Bonchev–Trinajstić information content (AvgIpc) is 3.23. The molecule has 3 rings (SSSR count). The van der Waals surface area contributed by atoms with Gasteiger partial charge in [0.05, 0.1) is 0 Å². The second-order valence-electron chi connectivity index (χ2n) is 5.29. The number of anilines is 1. The van der Waals surface area contributed by atoms with Gasteiger partial charge in [-0.1, -0.05) is 22.9 Å². The molecule has 0 atom stereocenters. The summed E-state index contributed by atoms with van der Waals surface area (Å²) in [5.74, 6) is -0.0513. The Kier molecular flexibility index (Phi) is 4.22. The number of nitrogens with zero attached hydrogens (tertiary/aromatic N) is 1. The molecule has 0 spiro atoms. The molecule has 1 aliphatic rings. The van der Waals surface area contributed by atoms with Gasteiger partial charge in [-0.15, -0.1) is 0 Å². The quantitative estimate of drug-likeness (QED) is 0.740. The third-order valence-corrected chi connectivity index (χ3v) is 4.61. The number of aryl methyl sites for hydroxylation is 1. The van der Waals surface area contributed by atoms with Crippen LogP contribution < -0.4 is 5.32 Å². The van der Waals surface area contributed by atoms with Crippen LogP contribution >= 0.6 is 31.9 Å². The van der Waals surface area contributed by atoms with Crippen molar-refractivity contribution >= 4 is 43.5 Å². The van der Waals surface area contributed by atoms with Crippen molar-refractivity contribution in [3.8, 4) is 0 Å². The first-order valence-corrected chi connectivity index (χ1v) is 8.64. The second-order valence-corrected chi connectivity index (χ2v) is 7.12. The molecule has 3 nitrogen and oxygen atoms in total. The lowest BCUT2D eigenvalue weighted by Gasteiger charge is -2.12. The van der Waals surface area contributed by atoms with E-state index in [1.54, 1.807) is 0 Å². The van der Waals surface area contributed by atoms with Crippen LogP contribution in [0.2, 0.25) is 0 Å². The van der Waals surface area contributed by atoms with E-state index >= 15 is 0 Å². The zero-order chi connectivity index (χ0) is 15.0. The summed E-state index contributed by atoms with van der Waals surface area (Å²) in [5, 5.41) is 3.04. The second kappa shape index (κ2) is 5.97. The molecule has 0 saturated heterocycles. The van der Waals surface area contributed by atoms with Gasteiger partial charge in [0.1, 0.15) is 5.69 Å². The van der Waals surface area contributed by atoms with E-state index in [1.807, 2.05) is 30.5 Å². The van der Waals surface area contributed by atoms with Crippen molar-refractivity contribution in [2.24, 2.45) is 0 Å². The molecule has 1 aliphatic carbocycles. The summed E-state index contributed by atoms with van der Waals surface area (Å²) in [6.07, 6.45) is 5.18. The Morgan fingerprint density at radius 3 is 2.71 bits per heavy atom. The Hall–Kier alpha value is -1.07. The zero-order valence-electron chi connectivity index (χ0n) is 11.7. The zero-order valence-corrected chi connectivity index (χ0v) is 14.9. The summed E-state index contributed by atoms with van der Waals surface area (Å²) in [4.78, 5) is 12.6. The van der Waals surface area contributed by atoms with E-state index in [0.717, 1.165) is 39.5 Å².